The second-order valence-electron chi connectivity index (χ2n) is 5.05. The number of thiophene rings is 2. The van der Waals surface area contributed by atoms with Crippen LogP contribution in [0.2, 0.25) is 0 Å². The molecule has 0 aromatic carbocycles. The SMILES string of the molecule is CCSCCCN1CCc2sccc2[C@H]1c1cccs1. The molecule has 1 atom stereocenters. The Morgan fingerprint density at radius 2 is 2.25 bits per heavy atom. The molecule has 20 heavy (non-hydrogen) atoms. The van der Waals surface area contributed by atoms with E-state index in [4.69, 9.17) is 0 Å². The molecule has 3 rings (SSSR count). The number of rotatable bonds is 6. The van der Waals surface area contributed by atoms with Crippen LogP contribution in [0.25, 0.3) is 0 Å². The molecular weight excluding hydrogens is 302 g/mol. The Morgan fingerprint density at radius 3 is 3.05 bits per heavy atom. The lowest BCUT2D eigenvalue weighted by Gasteiger charge is -2.35. The highest BCUT2D eigenvalue weighted by Gasteiger charge is 2.29. The molecular formula is C16H21NS3. The van der Waals surface area contributed by atoms with Gasteiger partial charge >= 0.3 is 0 Å². The van der Waals surface area contributed by atoms with E-state index >= 15 is 0 Å². The lowest BCUT2D eigenvalue weighted by atomic mass is 9.98. The van der Waals surface area contributed by atoms with Crippen molar-refractivity contribution in [1.29, 1.82) is 0 Å². The van der Waals surface area contributed by atoms with Gasteiger partial charge in [-0.2, -0.15) is 11.8 Å². The summed E-state index contributed by atoms with van der Waals surface area (Å²) in [5.41, 5.74) is 1.56. The van der Waals surface area contributed by atoms with Gasteiger partial charge in [-0.25, -0.2) is 0 Å². The average molecular weight is 324 g/mol. The molecule has 1 nitrogen and oxygen atoms in total. The highest BCUT2D eigenvalue weighted by Crippen LogP contribution is 2.39. The zero-order valence-corrected chi connectivity index (χ0v) is 14.3. The summed E-state index contributed by atoms with van der Waals surface area (Å²) in [6, 6.07) is 7.34. The molecule has 2 aromatic heterocycles. The molecule has 3 heterocycles. The fraction of sp³-hybridized carbons (Fsp3) is 0.500. The Kier molecular flexibility index (Phi) is 5.21. The molecule has 0 saturated heterocycles. The Hall–Kier alpha value is -0.290. The van der Waals surface area contributed by atoms with E-state index < -0.39 is 0 Å². The molecule has 0 bridgehead atoms. The van der Waals surface area contributed by atoms with Crippen LogP contribution in [0.1, 0.15) is 34.7 Å². The first kappa shape index (κ1) is 14.6. The van der Waals surface area contributed by atoms with Gasteiger partial charge in [0.2, 0.25) is 0 Å². The molecule has 0 fully saturated rings. The number of hydrogen-bond donors (Lipinski definition) is 0. The minimum absolute atomic E-state index is 0.511. The van der Waals surface area contributed by atoms with Gasteiger partial charge in [0.05, 0.1) is 6.04 Å². The topological polar surface area (TPSA) is 3.24 Å². The zero-order chi connectivity index (χ0) is 13.8. The zero-order valence-electron chi connectivity index (χ0n) is 11.9. The molecule has 0 N–H and O–H groups in total. The van der Waals surface area contributed by atoms with Gasteiger partial charge in [0.25, 0.3) is 0 Å². The summed E-state index contributed by atoms with van der Waals surface area (Å²) in [7, 11) is 0. The summed E-state index contributed by atoms with van der Waals surface area (Å²) in [6.07, 6.45) is 2.54. The van der Waals surface area contributed by atoms with Crippen molar-refractivity contribution in [2.24, 2.45) is 0 Å². The predicted octanol–water partition coefficient (Wildman–Crippen LogP) is 4.90. The molecule has 2 aromatic rings. The van der Waals surface area contributed by atoms with Gasteiger partial charge in [0.1, 0.15) is 0 Å². The Bertz CT molecular complexity index is 518. The van der Waals surface area contributed by atoms with E-state index in [1.807, 2.05) is 22.7 Å². The molecule has 0 amide bonds. The van der Waals surface area contributed by atoms with Crippen LogP contribution in [-0.2, 0) is 6.42 Å². The third kappa shape index (κ3) is 3.14. The van der Waals surface area contributed by atoms with Crippen molar-refractivity contribution in [3.8, 4) is 0 Å². The predicted molar refractivity (Wildman–Crippen MR) is 93.4 cm³/mol. The first-order valence-electron chi connectivity index (χ1n) is 7.31. The normalized spacial score (nSPS) is 19.1. The largest absolute Gasteiger partial charge is 0.291 e. The van der Waals surface area contributed by atoms with Crippen molar-refractivity contribution >= 4 is 34.4 Å². The number of nitrogens with zero attached hydrogens (tertiary/aromatic N) is 1. The minimum Gasteiger partial charge on any atom is -0.291 e. The summed E-state index contributed by atoms with van der Waals surface area (Å²) in [4.78, 5) is 5.80. The van der Waals surface area contributed by atoms with Crippen molar-refractivity contribution in [1.82, 2.24) is 4.90 Å². The molecule has 0 saturated carbocycles. The van der Waals surface area contributed by atoms with Crippen molar-refractivity contribution in [2.45, 2.75) is 25.8 Å². The second kappa shape index (κ2) is 7.12. The van der Waals surface area contributed by atoms with Gasteiger partial charge in [-0.05, 0) is 59.3 Å². The molecule has 1 aliphatic rings. The van der Waals surface area contributed by atoms with Crippen LogP contribution in [0, 0.1) is 0 Å². The van der Waals surface area contributed by atoms with Crippen LogP contribution in [0.5, 0.6) is 0 Å². The van der Waals surface area contributed by atoms with Gasteiger partial charge in [0.15, 0.2) is 0 Å². The quantitative estimate of drug-likeness (QED) is 0.696. The molecule has 0 spiro atoms. The van der Waals surface area contributed by atoms with E-state index in [1.165, 1.54) is 42.3 Å². The Balaban J connectivity index is 1.76. The maximum atomic E-state index is 2.69. The lowest BCUT2D eigenvalue weighted by Crippen LogP contribution is -2.35. The van der Waals surface area contributed by atoms with Crippen LogP contribution in [0.4, 0.5) is 0 Å². The lowest BCUT2D eigenvalue weighted by molar-refractivity contribution is 0.219. The highest BCUT2D eigenvalue weighted by molar-refractivity contribution is 7.99. The summed E-state index contributed by atoms with van der Waals surface area (Å²) in [5.74, 6) is 2.53. The molecule has 0 radical (unpaired) electrons. The Morgan fingerprint density at radius 1 is 1.30 bits per heavy atom. The van der Waals surface area contributed by atoms with Crippen molar-refractivity contribution in [3.63, 3.8) is 0 Å². The van der Waals surface area contributed by atoms with Crippen LogP contribution < -0.4 is 0 Å². The number of fused-ring (bicyclic) bond motifs is 1. The van der Waals surface area contributed by atoms with E-state index in [0.717, 1.165) is 0 Å². The summed E-state index contributed by atoms with van der Waals surface area (Å²) < 4.78 is 0. The first-order chi connectivity index (χ1) is 9.90. The fourth-order valence-electron chi connectivity index (χ4n) is 2.90. The molecule has 4 heteroatoms. The molecule has 108 valence electrons. The van der Waals surface area contributed by atoms with Crippen molar-refractivity contribution in [2.75, 3.05) is 24.6 Å². The van der Waals surface area contributed by atoms with E-state index in [0.29, 0.717) is 6.04 Å². The van der Waals surface area contributed by atoms with Gasteiger partial charge in [-0.1, -0.05) is 13.0 Å². The monoisotopic (exact) mass is 323 g/mol. The molecule has 1 aliphatic heterocycles. The molecule has 0 aliphatic carbocycles. The maximum Gasteiger partial charge on any atom is 0.0707 e. The van der Waals surface area contributed by atoms with E-state index in [2.05, 4.69) is 52.5 Å². The Labute approximate surface area is 134 Å². The van der Waals surface area contributed by atoms with Crippen LogP contribution in [0.15, 0.2) is 29.0 Å². The van der Waals surface area contributed by atoms with E-state index in [1.54, 1.807) is 10.4 Å². The third-order valence-electron chi connectivity index (χ3n) is 3.82. The van der Waals surface area contributed by atoms with Gasteiger partial charge in [0, 0.05) is 16.3 Å². The third-order valence-corrected chi connectivity index (χ3v) is 6.72. The smallest absolute Gasteiger partial charge is 0.0707 e. The van der Waals surface area contributed by atoms with Crippen LogP contribution in [0.3, 0.4) is 0 Å². The molecule has 0 unspecified atom stereocenters. The van der Waals surface area contributed by atoms with Crippen LogP contribution in [-0.4, -0.2) is 29.5 Å². The second-order valence-corrected chi connectivity index (χ2v) is 8.43. The minimum atomic E-state index is 0.511. The van der Waals surface area contributed by atoms with E-state index in [-0.39, 0.29) is 0 Å². The fourth-order valence-corrected chi connectivity index (χ4v) is 5.31. The summed E-state index contributed by atoms with van der Waals surface area (Å²) >= 11 is 5.90. The highest BCUT2D eigenvalue weighted by atomic mass is 32.2. The van der Waals surface area contributed by atoms with Crippen LogP contribution >= 0.6 is 34.4 Å². The average Bonchev–Trinajstić information content (AvgIpc) is 3.13. The number of thioether (sulfide) groups is 1. The standard InChI is InChI=1S/C16H21NS3/c1-2-18-10-4-8-17-9-6-14-13(7-12-20-14)16(17)15-5-3-11-19-15/h3,5,7,11-12,16H,2,4,6,8-10H2,1H3/t16-/m0/s1. The van der Waals surface area contributed by atoms with E-state index in [9.17, 15) is 0 Å². The van der Waals surface area contributed by atoms with Gasteiger partial charge < -0.3 is 0 Å². The van der Waals surface area contributed by atoms with Crippen molar-refractivity contribution < 1.29 is 0 Å². The maximum absolute atomic E-state index is 2.69. The first-order valence-corrected chi connectivity index (χ1v) is 10.2. The van der Waals surface area contributed by atoms with Gasteiger partial charge in [-0.3, -0.25) is 4.90 Å². The van der Waals surface area contributed by atoms with Gasteiger partial charge in [-0.15, -0.1) is 22.7 Å². The van der Waals surface area contributed by atoms with Crippen molar-refractivity contribution in [3.05, 3.63) is 44.3 Å². The summed E-state index contributed by atoms with van der Waals surface area (Å²) in [5, 5.41) is 4.48. The summed E-state index contributed by atoms with van der Waals surface area (Å²) in [6.45, 7) is 4.69. The number of hydrogen-bond acceptors (Lipinski definition) is 4.